The highest BCUT2D eigenvalue weighted by Crippen LogP contribution is 2.46. The average molecular weight is 479 g/mol. The number of halogens is 4. The second kappa shape index (κ2) is 8.90. The van der Waals surface area contributed by atoms with E-state index in [1.54, 1.807) is 26.0 Å². The zero-order chi connectivity index (χ0) is 24.7. The number of benzene rings is 2. The molecule has 34 heavy (non-hydrogen) atoms. The molecule has 0 saturated heterocycles. The van der Waals surface area contributed by atoms with Crippen LogP contribution in [-0.2, 0) is 6.18 Å². The number of aliphatic hydroxyl groups excluding tert-OH is 1. The second-order valence-corrected chi connectivity index (χ2v) is 8.66. The molecule has 0 unspecified atom stereocenters. The van der Waals surface area contributed by atoms with Crippen molar-refractivity contribution in [2.45, 2.75) is 38.9 Å². The molecule has 10 heteroatoms. The van der Waals surface area contributed by atoms with Gasteiger partial charge in [0, 0.05) is 22.4 Å². The normalized spacial score (nSPS) is 15.8. The summed E-state index contributed by atoms with van der Waals surface area (Å²) in [4.78, 5) is 8.82. The molecule has 182 valence electrons. The van der Waals surface area contributed by atoms with Crippen molar-refractivity contribution in [2.75, 3.05) is 25.6 Å². The summed E-state index contributed by atoms with van der Waals surface area (Å²) in [5, 5.41) is 13.1. The van der Waals surface area contributed by atoms with Gasteiger partial charge in [-0.25, -0.2) is 14.4 Å². The van der Waals surface area contributed by atoms with E-state index >= 15 is 0 Å². The van der Waals surface area contributed by atoms with Crippen LogP contribution in [0.25, 0.3) is 10.9 Å². The van der Waals surface area contributed by atoms with Crippen LogP contribution in [0.15, 0.2) is 30.3 Å². The molecule has 1 heterocycles. The van der Waals surface area contributed by atoms with Crippen LogP contribution in [0.4, 0.5) is 23.4 Å². The van der Waals surface area contributed by atoms with Crippen molar-refractivity contribution in [3.05, 3.63) is 53.1 Å². The Morgan fingerprint density at radius 1 is 1.18 bits per heavy atom. The van der Waals surface area contributed by atoms with E-state index in [0.717, 1.165) is 12.8 Å². The van der Waals surface area contributed by atoms with Crippen molar-refractivity contribution in [1.82, 2.24) is 9.97 Å². The number of nitrogens with zero attached hydrogens (tertiary/aromatic N) is 2. The number of nitrogens with one attached hydrogen (secondary N) is 1. The van der Waals surface area contributed by atoms with Crippen LogP contribution < -0.4 is 14.8 Å². The fraction of sp³-hybridized carbons (Fsp3) is 0.417. The van der Waals surface area contributed by atoms with Crippen LogP contribution in [0.3, 0.4) is 0 Å². The zero-order valence-electron chi connectivity index (χ0n) is 19.0. The third kappa shape index (κ3) is 4.72. The maximum atomic E-state index is 14.7. The largest absolute Gasteiger partial charge is 0.493 e. The predicted molar refractivity (Wildman–Crippen MR) is 119 cm³/mol. The van der Waals surface area contributed by atoms with Crippen LogP contribution in [0.1, 0.15) is 42.8 Å². The van der Waals surface area contributed by atoms with E-state index in [1.807, 2.05) is 0 Å². The molecular weight excluding hydrogens is 454 g/mol. The number of ether oxygens (including phenoxy) is 2. The van der Waals surface area contributed by atoms with Crippen molar-refractivity contribution in [2.24, 2.45) is 5.41 Å². The Labute approximate surface area is 193 Å². The Balaban J connectivity index is 1.70. The van der Waals surface area contributed by atoms with Crippen LogP contribution in [0.2, 0.25) is 0 Å². The van der Waals surface area contributed by atoms with Gasteiger partial charge >= 0.3 is 6.18 Å². The number of fused-ring (bicyclic) bond motifs is 1. The molecule has 3 aromatic rings. The minimum absolute atomic E-state index is 0.0259. The maximum absolute atomic E-state index is 14.7. The van der Waals surface area contributed by atoms with Gasteiger partial charge in [-0.3, -0.25) is 0 Å². The lowest BCUT2D eigenvalue weighted by Gasteiger charge is -2.20. The predicted octanol–water partition coefficient (Wildman–Crippen LogP) is 5.43. The number of rotatable bonds is 8. The van der Waals surface area contributed by atoms with E-state index in [1.165, 1.54) is 19.2 Å². The van der Waals surface area contributed by atoms with E-state index in [0.29, 0.717) is 46.7 Å². The van der Waals surface area contributed by atoms with Crippen LogP contribution in [-0.4, -0.2) is 35.4 Å². The molecule has 1 aromatic heterocycles. The molecule has 2 N–H and O–H groups in total. The Hall–Kier alpha value is -3.14. The quantitative estimate of drug-likeness (QED) is 0.420. The fourth-order valence-corrected chi connectivity index (χ4v) is 3.78. The second-order valence-electron chi connectivity index (χ2n) is 8.66. The molecular formula is C24H25F4N3O3. The lowest BCUT2D eigenvalue weighted by Crippen LogP contribution is -2.17. The third-order valence-corrected chi connectivity index (χ3v) is 6.07. The molecule has 0 bridgehead atoms. The first-order valence-corrected chi connectivity index (χ1v) is 10.8. The first-order valence-electron chi connectivity index (χ1n) is 10.8. The summed E-state index contributed by atoms with van der Waals surface area (Å²) in [6.07, 6.45) is -3.06. The van der Waals surface area contributed by atoms with Crippen molar-refractivity contribution in [3.63, 3.8) is 0 Å². The lowest BCUT2D eigenvalue weighted by atomic mass is 10.0. The number of hydrogen-bond acceptors (Lipinski definition) is 6. The van der Waals surface area contributed by atoms with E-state index in [2.05, 4.69) is 15.3 Å². The molecule has 6 nitrogen and oxygen atoms in total. The van der Waals surface area contributed by atoms with E-state index < -0.39 is 23.6 Å². The van der Waals surface area contributed by atoms with E-state index in [-0.39, 0.29) is 17.6 Å². The first kappa shape index (κ1) is 24.0. The molecule has 2 aromatic carbocycles. The number of anilines is 1. The molecule has 0 aliphatic heterocycles. The molecule has 0 spiro atoms. The van der Waals surface area contributed by atoms with Gasteiger partial charge in [-0.1, -0.05) is 12.1 Å². The zero-order valence-corrected chi connectivity index (χ0v) is 19.0. The topological polar surface area (TPSA) is 76.5 Å². The van der Waals surface area contributed by atoms with Crippen LogP contribution >= 0.6 is 0 Å². The summed E-state index contributed by atoms with van der Waals surface area (Å²) in [6, 6.07) is 5.73. The summed E-state index contributed by atoms with van der Waals surface area (Å²) in [6.45, 7) is 3.57. The highest BCUT2D eigenvalue weighted by molar-refractivity contribution is 5.92. The SMILES string of the molecule is COc1cc2nc(C)nc(N[C@H](C)c3cccc(C(F)(F)F)c3F)c2cc1OCC1(CO)CC1. The molecule has 1 saturated carbocycles. The van der Waals surface area contributed by atoms with E-state index in [9.17, 15) is 22.7 Å². The van der Waals surface area contributed by atoms with Gasteiger partial charge in [0.05, 0.1) is 37.4 Å². The molecule has 1 fully saturated rings. The van der Waals surface area contributed by atoms with Gasteiger partial charge in [-0.2, -0.15) is 13.2 Å². The van der Waals surface area contributed by atoms with Gasteiger partial charge in [0.25, 0.3) is 0 Å². The summed E-state index contributed by atoms with van der Waals surface area (Å²) in [7, 11) is 1.50. The van der Waals surface area contributed by atoms with Gasteiger partial charge in [-0.15, -0.1) is 0 Å². The van der Waals surface area contributed by atoms with Crippen molar-refractivity contribution >= 4 is 16.7 Å². The molecule has 4 rings (SSSR count). The number of hydrogen-bond donors (Lipinski definition) is 2. The number of alkyl halides is 3. The van der Waals surface area contributed by atoms with Crippen LogP contribution in [0.5, 0.6) is 11.5 Å². The van der Waals surface area contributed by atoms with Gasteiger partial charge in [0.2, 0.25) is 0 Å². The Bertz CT molecular complexity index is 1210. The summed E-state index contributed by atoms with van der Waals surface area (Å²) >= 11 is 0. The summed E-state index contributed by atoms with van der Waals surface area (Å²) in [5.41, 5.74) is -1.18. The minimum atomic E-state index is -4.80. The summed E-state index contributed by atoms with van der Waals surface area (Å²) < 4.78 is 65.5. The number of aromatic nitrogens is 2. The van der Waals surface area contributed by atoms with E-state index in [4.69, 9.17) is 9.47 Å². The van der Waals surface area contributed by atoms with Crippen molar-refractivity contribution in [3.8, 4) is 11.5 Å². The number of aliphatic hydroxyl groups is 1. The smallest absolute Gasteiger partial charge is 0.419 e. The average Bonchev–Trinajstić information content (AvgIpc) is 3.57. The highest BCUT2D eigenvalue weighted by atomic mass is 19.4. The van der Waals surface area contributed by atoms with Crippen molar-refractivity contribution < 1.29 is 32.1 Å². The first-order chi connectivity index (χ1) is 16.1. The molecule has 0 amide bonds. The lowest BCUT2D eigenvalue weighted by molar-refractivity contribution is -0.140. The molecule has 0 radical (unpaired) electrons. The monoisotopic (exact) mass is 479 g/mol. The third-order valence-electron chi connectivity index (χ3n) is 6.07. The Morgan fingerprint density at radius 3 is 2.53 bits per heavy atom. The number of aryl methyl sites for hydroxylation is 1. The maximum Gasteiger partial charge on any atom is 0.419 e. The molecule has 1 atom stereocenters. The van der Waals surface area contributed by atoms with Gasteiger partial charge in [-0.05, 0) is 38.8 Å². The van der Waals surface area contributed by atoms with Crippen molar-refractivity contribution in [1.29, 1.82) is 0 Å². The fourth-order valence-electron chi connectivity index (χ4n) is 3.78. The van der Waals surface area contributed by atoms with Gasteiger partial charge in [0.1, 0.15) is 17.5 Å². The molecule has 1 aliphatic rings. The van der Waals surface area contributed by atoms with Crippen LogP contribution in [0, 0.1) is 18.2 Å². The minimum Gasteiger partial charge on any atom is -0.493 e. The highest BCUT2D eigenvalue weighted by Gasteiger charge is 2.43. The molecule has 1 aliphatic carbocycles. The Kier molecular flexibility index (Phi) is 6.28. The van der Waals surface area contributed by atoms with Gasteiger partial charge in [0.15, 0.2) is 11.5 Å². The van der Waals surface area contributed by atoms with Gasteiger partial charge < -0.3 is 19.9 Å². The summed E-state index contributed by atoms with van der Waals surface area (Å²) in [5.74, 6) is 0.280. The standard InChI is InChI=1S/C24H25F4N3O3/c1-13(15-5-4-6-17(21(15)25)24(26,27)28)29-22-16-9-20(34-12-23(11-32)7-8-23)19(33-3)10-18(16)30-14(2)31-22/h4-6,9-10,13,32H,7-8,11-12H2,1-3H3,(H,29,30,31)/t13-/m1/s1. The number of methoxy groups -OCH3 is 1. The Morgan fingerprint density at radius 2 is 1.91 bits per heavy atom.